The van der Waals surface area contributed by atoms with Gasteiger partial charge in [0.15, 0.2) is 0 Å². The van der Waals surface area contributed by atoms with Crippen molar-refractivity contribution >= 4 is 11.6 Å². The van der Waals surface area contributed by atoms with Gasteiger partial charge in [-0.1, -0.05) is 30.3 Å². The van der Waals surface area contributed by atoms with Crippen molar-refractivity contribution in [3.8, 4) is 0 Å². The van der Waals surface area contributed by atoms with Gasteiger partial charge in [0.25, 0.3) is 0 Å². The zero-order chi connectivity index (χ0) is 17.6. The maximum atomic E-state index is 13.0. The molecule has 1 amide bonds. The Morgan fingerprint density at radius 2 is 1.68 bits per heavy atom. The summed E-state index contributed by atoms with van der Waals surface area (Å²) in [4.78, 5) is 16.7. The van der Waals surface area contributed by atoms with Crippen LogP contribution in [0, 0.1) is 5.82 Å². The number of halogens is 1. The molecular formula is C20H24FN3O. The Labute approximate surface area is 148 Å². The third-order valence-corrected chi connectivity index (χ3v) is 4.61. The van der Waals surface area contributed by atoms with Gasteiger partial charge < -0.3 is 10.2 Å². The van der Waals surface area contributed by atoms with Crippen LogP contribution in [0.2, 0.25) is 0 Å². The molecular weight excluding hydrogens is 317 g/mol. The number of nitrogens with one attached hydrogen (secondary N) is 1. The van der Waals surface area contributed by atoms with Crippen LogP contribution in [0.25, 0.3) is 0 Å². The zero-order valence-electron chi connectivity index (χ0n) is 14.5. The van der Waals surface area contributed by atoms with Crippen LogP contribution in [-0.2, 0) is 4.79 Å². The second-order valence-corrected chi connectivity index (χ2v) is 6.44. The van der Waals surface area contributed by atoms with E-state index in [4.69, 9.17) is 0 Å². The molecule has 2 aromatic rings. The molecule has 0 spiro atoms. The van der Waals surface area contributed by atoms with E-state index in [0.29, 0.717) is 6.54 Å². The van der Waals surface area contributed by atoms with E-state index in [1.54, 1.807) is 12.1 Å². The molecule has 0 bridgehead atoms. The van der Waals surface area contributed by atoms with Gasteiger partial charge in [-0.2, -0.15) is 0 Å². The minimum absolute atomic E-state index is 0.00852. The van der Waals surface area contributed by atoms with Crippen LogP contribution < -0.4 is 10.2 Å². The predicted octanol–water partition coefficient (Wildman–Crippen LogP) is 2.83. The molecule has 25 heavy (non-hydrogen) atoms. The molecule has 1 aliphatic rings. The van der Waals surface area contributed by atoms with Crippen molar-refractivity contribution in [2.75, 3.05) is 37.6 Å². The first kappa shape index (κ1) is 17.4. The van der Waals surface area contributed by atoms with Crippen molar-refractivity contribution < 1.29 is 9.18 Å². The second kappa shape index (κ2) is 8.12. The SMILES string of the molecule is C[C@H](NC(=O)CN1CCN(c2ccc(F)cc2)CC1)c1ccccc1. The van der Waals surface area contributed by atoms with E-state index in [1.807, 2.05) is 37.3 Å². The Hall–Kier alpha value is -2.40. The van der Waals surface area contributed by atoms with Gasteiger partial charge in [-0.05, 0) is 36.8 Å². The molecule has 1 saturated heterocycles. The first-order valence-electron chi connectivity index (χ1n) is 8.69. The van der Waals surface area contributed by atoms with Gasteiger partial charge in [0.1, 0.15) is 5.82 Å². The lowest BCUT2D eigenvalue weighted by Crippen LogP contribution is -2.49. The molecule has 0 saturated carbocycles. The normalized spacial score (nSPS) is 16.5. The average Bonchev–Trinajstić information content (AvgIpc) is 2.64. The first-order chi connectivity index (χ1) is 12.1. The second-order valence-electron chi connectivity index (χ2n) is 6.44. The summed E-state index contributed by atoms with van der Waals surface area (Å²) in [5.41, 5.74) is 2.14. The van der Waals surface area contributed by atoms with E-state index in [2.05, 4.69) is 15.1 Å². The molecule has 0 radical (unpaired) electrons. The van der Waals surface area contributed by atoms with Crippen LogP contribution in [-0.4, -0.2) is 43.5 Å². The average molecular weight is 341 g/mol. The Morgan fingerprint density at radius 3 is 2.32 bits per heavy atom. The summed E-state index contributed by atoms with van der Waals surface area (Å²) in [6, 6.07) is 16.6. The minimum Gasteiger partial charge on any atom is -0.369 e. The molecule has 1 aliphatic heterocycles. The Balaban J connectivity index is 1.45. The summed E-state index contributed by atoms with van der Waals surface area (Å²) in [5.74, 6) is -0.168. The van der Waals surface area contributed by atoms with Gasteiger partial charge in [-0.25, -0.2) is 4.39 Å². The van der Waals surface area contributed by atoms with E-state index < -0.39 is 0 Å². The van der Waals surface area contributed by atoms with Crippen molar-refractivity contribution in [3.05, 3.63) is 66.0 Å². The lowest BCUT2D eigenvalue weighted by atomic mass is 10.1. The minimum atomic E-state index is -0.216. The van der Waals surface area contributed by atoms with E-state index in [-0.39, 0.29) is 17.8 Å². The van der Waals surface area contributed by atoms with Crippen molar-refractivity contribution in [2.45, 2.75) is 13.0 Å². The number of benzene rings is 2. The fraction of sp³-hybridized carbons (Fsp3) is 0.350. The van der Waals surface area contributed by atoms with Crippen LogP contribution in [0.15, 0.2) is 54.6 Å². The number of carbonyl (C=O) groups excluding carboxylic acids is 1. The Bertz CT molecular complexity index is 682. The van der Waals surface area contributed by atoms with Crippen LogP contribution in [0.3, 0.4) is 0 Å². The number of nitrogens with zero attached hydrogens (tertiary/aromatic N) is 2. The molecule has 5 heteroatoms. The summed E-state index contributed by atoms with van der Waals surface area (Å²) < 4.78 is 13.0. The van der Waals surface area contributed by atoms with Crippen LogP contribution in [0.1, 0.15) is 18.5 Å². The molecule has 3 rings (SSSR count). The molecule has 0 aromatic heterocycles. The van der Waals surface area contributed by atoms with E-state index in [1.165, 1.54) is 12.1 Å². The van der Waals surface area contributed by atoms with Gasteiger partial charge in [0.05, 0.1) is 12.6 Å². The molecule has 2 aromatic carbocycles. The van der Waals surface area contributed by atoms with Gasteiger partial charge in [-0.3, -0.25) is 9.69 Å². The number of hydrogen-bond donors (Lipinski definition) is 1. The van der Waals surface area contributed by atoms with Crippen molar-refractivity contribution in [3.63, 3.8) is 0 Å². The van der Waals surface area contributed by atoms with Crippen molar-refractivity contribution in [1.82, 2.24) is 10.2 Å². The van der Waals surface area contributed by atoms with Gasteiger partial charge in [-0.15, -0.1) is 0 Å². The number of piperazine rings is 1. The van der Waals surface area contributed by atoms with E-state index >= 15 is 0 Å². The maximum Gasteiger partial charge on any atom is 0.234 e. The summed E-state index contributed by atoms with van der Waals surface area (Å²) in [6.45, 7) is 5.74. The molecule has 1 fully saturated rings. The summed E-state index contributed by atoms with van der Waals surface area (Å²) in [6.07, 6.45) is 0. The molecule has 1 N–H and O–H groups in total. The molecule has 0 unspecified atom stereocenters. The maximum absolute atomic E-state index is 13.0. The highest BCUT2D eigenvalue weighted by Gasteiger charge is 2.20. The Kier molecular flexibility index (Phi) is 5.66. The highest BCUT2D eigenvalue weighted by atomic mass is 19.1. The molecule has 1 heterocycles. The standard InChI is InChI=1S/C20H24FN3O/c1-16(17-5-3-2-4-6-17)22-20(25)15-23-11-13-24(14-12-23)19-9-7-18(21)8-10-19/h2-10,16H,11-15H2,1H3,(H,22,25)/t16-/m0/s1. The molecule has 132 valence electrons. The van der Waals surface area contributed by atoms with Gasteiger partial charge in [0.2, 0.25) is 5.91 Å². The molecule has 1 atom stereocenters. The summed E-state index contributed by atoms with van der Waals surface area (Å²) in [7, 11) is 0. The van der Waals surface area contributed by atoms with Gasteiger partial charge in [0, 0.05) is 31.9 Å². The topological polar surface area (TPSA) is 35.6 Å². The lowest BCUT2D eigenvalue weighted by Gasteiger charge is -2.35. The number of anilines is 1. The summed E-state index contributed by atoms with van der Waals surface area (Å²) in [5, 5.41) is 3.06. The Morgan fingerprint density at radius 1 is 1.04 bits per heavy atom. The highest BCUT2D eigenvalue weighted by molar-refractivity contribution is 5.78. The molecule has 4 nitrogen and oxygen atoms in total. The fourth-order valence-electron chi connectivity index (χ4n) is 3.13. The predicted molar refractivity (Wildman–Crippen MR) is 98.1 cm³/mol. The van der Waals surface area contributed by atoms with Crippen LogP contribution in [0.4, 0.5) is 10.1 Å². The number of carbonyl (C=O) groups is 1. The third kappa shape index (κ3) is 4.79. The number of amides is 1. The quantitative estimate of drug-likeness (QED) is 0.908. The first-order valence-corrected chi connectivity index (χ1v) is 8.69. The zero-order valence-corrected chi connectivity index (χ0v) is 14.5. The van der Waals surface area contributed by atoms with Crippen LogP contribution in [0.5, 0.6) is 0 Å². The van der Waals surface area contributed by atoms with Crippen molar-refractivity contribution in [2.24, 2.45) is 0 Å². The van der Waals surface area contributed by atoms with Crippen LogP contribution >= 0.6 is 0 Å². The van der Waals surface area contributed by atoms with E-state index in [9.17, 15) is 9.18 Å². The number of rotatable bonds is 5. The lowest BCUT2D eigenvalue weighted by molar-refractivity contribution is -0.123. The fourth-order valence-corrected chi connectivity index (χ4v) is 3.13. The highest BCUT2D eigenvalue weighted by Crippen LogP contribution is 2.17. The summed E-state index contributed by atoms with van der Waals surface area (Å²) >= 11 is 0. The van der Waals surface area contributed by atoms with E-state index in [0.717, 1.165) is 37.4 Å². The van der Waals surface area contributed by atoms with Crippen molar-refractivity contribution in [1.29, 1.82) is 0 Å². The third-order valence-electron chi connectivity index (χ3n) is 4.61. The number of hydrogen-bond acceptors (Lipinski definition) is 3. The monoisotopic (exact) mass is 341 g/mol. The van der Waals surface area contributed by atoms with Gasteiger partial charge >= 0.3 is 0 Å². The smallest absolute Gasteiger partial charge is 0.234 e. The molecule has 0 aliphatic carbocycles. The largest absolute Gasteiger partial charge is 0.369 e.